The van der Waals surface area contributed by atoms with Crippen LogP contribution in [0.1, 0.15) is 24.9 Å². The average molecular weight is 400 g/mol. The van der Waals surface area contributed by atoms with E-state index in [0.717, 1.165) is 24.1 Å². The summed E-state index contributed by atoms with van der Waals surface area (Å²) in [6.07, 6.45) is 0.209. The molecule has 3 rings (SSSR count). The molecule has 0 saturated carbocycles. The Morgan fingerprint density at radius 2 is 1.93 bits per heavy atom. The molecule has 1 aromatic carbocycles. The molecule has 2 atom stereocenters. The normalized spacial score (nSPS) is 24.7. The van der Waals surface area contributed by atoms with Gasteiger partial charge in [-0.15, -0.1) is 0 Å². The number of halogens is 2. The quantitative estimate of drug-likeness (QED) is 0.779. The number of methoxy groups -OCH3 is 1. The Bertz CT molecular complexity index is 924. The number of allylic oxidation sites excluding steroid dienone is 1. The van der Waals surface area contributed by atoms with Gasteiger partial charge in [0.1, 0.15) is 11.6 Å². The van der Waals surface area contributed by atoms with E-state index in [2.05, 4.69) is 5.32 Å². The molecule has 2 amide bonds. The van der Waals surface area contributed by atoms with Gasteiger partial charge in [-0.05, 0) is 25.5 Å². The highest BCUT2D eigenvalue weighted by Gasteiger charge is 2.43. The monoisotopic (exact) mass is 400 g/mol. The number of urea groups is 1. The van der Waals surface area contributed by atoms with Gasteiger partial charge >= 0.3 is 12.0 Å². The Hall–Kier alpha value is -2.49. The smallest absolute Gasteiger partial charge is 0.337 e. The molecule has 0 radical (unpaired) electrons. The van der Waals surface area contributed by atoms with Gasteiger partial charge in [0.15, 0.2) is 9.84 Å². The third-order valence-electron chi connectivity index (χ3n) is 4.79. The zero-order chi connectivity index (χ0) is 19.9. The molecule has 0 aliphatic carbocycles. The third kappa shape index (κ3) is 3.41. The van der Waals surface area contributed by atoms with Crippen LogP contribution < -0.4 is 5.32 Å². The van der Waals surface area contributed by atoms with Crippen LogP contribution in [0.25, 0.3) is 0 Å². The molecule has 2 aliphatic heterocycles. The molecule has 0 bridgehead atoms. The van der Waals surface area contributed by atoms with Crippen LogP contribution in [0.4, 0.5) is 13.6 Å². The van der Waals surface area contributed by atoms with Crippen LogP contribution in [0.5, 0.6) is 0 Å². The van der Waals surface area contributed by atoms with Crippen molar-refractivity contribution in [2.45, 2.75) is 25.4 Å². The average Bonchev–Trinajstić information content (AvgIpc) is 2.93. The first-order valence-electron chi connectivity index (χ1n) is 8.19. The summed E-state index contributed by atoms with van der Waals surface area (Å²) in [7, 11) is -2.19. The molecule has 1 N–H and O–H groups in total. The second-order valence-electron chi connectivity index (χ2n) is 6.44. The highest BCUT2D eigenvalue weighted by molar-refractivity contribution is 7.91. The van der Waals surface area contributed by atoms with Crippen LogP contribution in [-0.2, 0) is 19.4 Å². The molecule has 1 fully saturated rings. The maximum atomic E-state index is 14.3. The molecule has 0 aromatic heterocycles. The number of esters is 1. The Morgan fingerprint density at radius 3 is 2.44 bits per heavy atom. The van der Waals surface area contributed by atoms with Crippen LogP contribution >= 0.6 is 0 Å². The fourth-order valence-electron chi connectivity index (χ4n) is 3.55. The van der Waals surface area contributed by atoms with Crippen molar-refractivity contribution in [1.82, 2.24) is 10.2 Å². The molecule has 146 valence electrons. The van der Waals surface area contributed by atoms with E-state index in [0.29, 0.717) is 0 Å². The van der Waals surface area contributed by atoms with Gasteiger partial charge in [0.05, 0.1) is 41.8 Å². The zero-order valence-corrected chi connectivity index (χ0v) is 15.5. The summed E-state index contributed by atoms with van der Waals surface area (Å²) in [4.78, 5) is 26.2. The Balaban J connectivity index is 2.13. The van der Waals surface area contributed by atoms with Gasteiger partial charge in [-0.2, -0.15) is 0 Å². The lowest BCUT2D eigenvalue weighted by molar-refractivity contribution is -0.136. The Labute approximate surface area is 154 Å². The molecule has 0 unspecified atom stereocenters. The molecule has 7 nitrogen and oxygen atoms in total. The Kier molecular flexibility index (Phi) is 4.94. The van der Waals surface area contributed by atoms with E-state index in [1.54, 1.807) is 0 Å². The number of benzene rings is 1. The van der Waals surface area contributed by atoms with Gasteiger partial charge in [-0.1, -0.05) is 6.07 Å². The third-order valence-corrected chi connectivity index (χ3v) is 6.54. The van der Waals surface area contributed by atoms with Crippen LogP contribution in [-0.4, -0.2) is 50.0 Å². The van der Waals surface area contributed by atoms with Gasteiger partial charge in [-0.25, -0.2) is 26.8 Å². The number of amides is 2. The fourth-order valence-corrected chi connectivity index (χ4v) is 5.25. The Morgan fingerprint density at radius 1 is 1.30 bits per heavy atom. The van der Waals surface area contributed by atoms with Crippen molar-refractivity contribution in [3.05, 3.63) is 46.7 Å². The second-order valence-corrected chi connectivity index (χ2v) is 8.66. The SMILES string of the molecule is COC(=O)C1=C(C)N([C@@H]2CCS(=O)(=O)C2)C(=O)N[C@@H]1c1c(F)cccc1F. The van der Waals surface area contributed by atoms with Crippen LogP contribution in [0, 0.1) is 11.6 Å². The number of nitrogens with one attached hydrogen (secondary N) is 1. The molecule has 2 aliphatic rings. The summed E-state index contributed by atoms with van der Waals surface area (Å²) in [5, 5.41) is 2.42. The van der Waals surface area contributed by atoms with Crippen LogP contribution in [0.3, 0.4) is 0 Å². The molecule has 10 heteroatoms. The number of hydrogen-bond donors (Lipinski definition) is 1. The van der Waals surface area contributed by atoms with Crippen molar-refractivity contribution in [2.75, 3.05) is 18.6 Å². The van der Waals surface area contributed by atoms with Crippen molar-refractivity contribution in [2.24, 2.45) is 0 Å². The molecule has 0 spiro atoms. The minimum Gasteiger partial charge on any atom is -0.466 e. The van der Waals surface area contributed by atoms with E-state index in [9.17, 15) is 26.8 Å². The predicted octanol–water partition coefficient (Wildman–Crippen LogP) is 1.67. The summed E-state index contributed by atoms with van der Waals surface area (Å²) in [5.74, 6) is -3.04. The summed E-state index contributed by atoms with van der Waals surface area (Å²) in [6.45, 7) is 1.43. The number of carbonyl (C=O) groups is 2. The first-order chi connectivity index (χ1) is 12.7. The lowest BCUT2D eigenvalue weighted by atomic mass is 9.93. The second kappa shape index (κ2) is 6.91. The number of carbonyl (C=O) groups excluding carboxylic acids is 2. The maximum absolute atomic E-state index is 14.3. The minimum absolute atomic E-state index is 0.0757. The summed E-state index contributed by atoms with van der Waals surface area (Å²) < 4.78 is 56.8. The lowest BCUT2D eigenvalue weighted by Gasteiger charge is -2.38. The van der Waals surface area contributed by atoms with E-state index in [-0.39, 0.29) is 29.2 Å². The maximum Gasteiger partial charge on any atom is 0.337 e. The van der Waals surface area contributed by atoms with Crippen molar-refractivity contribution >= 4 is 21.8 Å². The minimum atomic E-state index is -3.29. The van der Waals surface area contributed by atoms with Crippen LogP contribution in [0.15, 0.2) is 29.5 Å². The van der Waals surface area contributed by atoms with Crippen molar-refractivity contribution in [1.29, 1.82) is 0 Å². The lowest BCUT2D eigenvalue weighted by Crippen LogP contribution is -2.52. The van der Waals surface area contributed by atoms with E-state index < -0.39 is 51.1 Å². The summed E-state index contributed by atoms with van der Waals surface area (Å²) >= 11 is 0. The van der Waals surface area contributed by atoms with Gasteiger partial charge in [-0.3, -0.25) is 4.90 Å². The van der Waals surface area contributed by atoms with Crippen molar-refractivity contribution in [3.8, 4) is 0 Å². The molecular formula is C17H18F2N2O5S. The van der Waals surface area contributed by atoms with Gasteiger partial charge in [0.2, 0.25) is 0 Å². The van der Waals surface area contributed by atoms with Crippen molar-refractivity contribution in [3.63, 3.8) is 0 Å². The number of sulfone groups is 1. The summed E-state index contributed by atoms with van der Waals surface area (Å²) in [6, 6.07) is 0.426. The topological polar surface area (TPSA) is 92.8 Å². The highest BCUT2D eigenvalue weighted by Crippen LogP contribution is 2.36. The largest absolute Gasteiger partial charge is 0.466 e. The van der Waals surface area contributed by atoms with E-state index in [1.165, 1.54) is 13.0 Å². The summed E-state index contributed by atoms with van der Waals surface area (Å²) in [5.41, 5.74) is -0.518. The highest BCUT2D eigenvalue weighted by atomic mass is 32.2. The number of nitrogens with zero attached hydrogens (tertiary/aromatic N) is 1. The number of rotatable bonds is 3. The van der Waals surface area contributed by atoms with E-state index in [4.69, 9.17) is 4.74 Å². The molecule has 1 saturated heterocycles. The first kappa shape index (κ1) is 19.3. The zero-order valence-electron chi connectivity index (χ0n) is 14.7. The van der Waals surface area contributed by atoms with Gasteiger partial charge in [0, 0.05) is 5.70 Å². The van der Waals surface area contributed by atoms with Gasteiger partial charge < -0.3 is 10.1 Å². The standard InChI is InChI=1S/C17H18F2N2O5S/c1-9-13(16(22)26-2)15(14-11(18)4-3-5-12(14)19)20-17(23)21(9)10-6-7-27(24,25)8-10/h3-5,10,15H,6-8H2,1-2H3,(H,20,23)/t10-,15+/m1/s1. The van der Waals surface area contributed by atoms with Crippen molar-refractivity contribution < 1.29 is 31.5 Å². The number of ether oxygens (including phenoxy) is 1. The molecule has 1 aromatic rings. The van der Waals surface area contributed by atoms with Crippen LogP contribution in [0.2, 0.25) is 0 Å². The van der Waals surface area contributed by atoms with E-state index in [1.807, 2.05) is 0 Å². The van der Waals surface area contributed by atoms with E-state index >= 15 is 0 Å². The molecular weight excluding hydrogens is 382 g/mol. The van der Waals surface area contributed by atoms with Gasteiger partial charge in [0.25, 0.3) is 0 Å². The molecule has 27 heavy (non-hydrogen) atoms. The predicted molar refractivity (Wildman–Crippen MR) is 91.2 cm³/mol. The molecule has 2 heterocycles. The number of hydrogen-bond acceptors (Lipinski definition) is 5. The first-order valence-corrected chi connectivity index (χ1v) is 10.0. The fraction of sp³-hybridized carbons (Fsp3) is 0.412.